The quantitative estimate of drug-likeness (QED) is 0.349. The minimum atomic E-state index is -1.18. The summed E-state index contributed by atoms with van der Waals surface area (Å²) >= 11 is 1.02. The number of thiazole rings is 1. The van der Waals surface area contributed by atoms with E-state index in [0.717, 1.165) is 21.8 Å². The number of hydrogen-bond acceptors (Lipinski definition) is 8. The zero-order chi connectivity index (χ0) is 24.2. The summed E-state index contributed by atoms with van der Waals surface area (Å²) in [6.45, 7) is 0. The molecule has 3 aromatic rings. The van der Waals surface area contributed by atoms with E-state index in [1.165, 1.54) is 36.8 Å². The van der Waals surface area contributed by atoms with Crippen molar-refractivity contribution in [2.24, 2.45) is 0 Å². The lowest BCUT2D eigenvalue weighted by Crippen LogP contribution is -2.49. The van der Waals surface area contributed by atoms with Crippen LogP contribution >= 0.6 is 11.3 Å². The van der Waals surface area contributed by atoms with E-state index < -0.39 is 35.9 Å². The first kappa shape index (κ1) is 22.9. The second-order valence-corrected chi connectivity index (χ2v) is 8.26. The number of nitrogens with one attached hydrogen (secondary N) is 2. The van der Waals surface area contributed by atoms with Crippen LogP contribution in [0.3, 0.4) is 0 Å². The maximum atomic E-state index is 13.3. The third kappa shape index (κ3) is 4.74. The summed E-state index contributed by atoms with van der Waals surface area (Å²) in [4.78, 5) is 55.9. The molecule has 2 atom stereocenters. The molecule has 0 saturated carbocycles. The second-order valence-electron chi connectivity index (χ2n) is 7.41. The van der Waals surface area contributed by atoms with E-state index in [1.54, 1.807) is 24.3 Å². The molecule has 0 spiro atoms. The van der Waals surface area contributed by atoms with Crippen molar-refractivity contribution < 1.29 is 29.0 Å². The molecule has 1 unspecified atom stereocenters. The van der Waals surface area contributed by atoms with Crippen molar-refractivity contribution in [2.45, 2.75) is 18.5 Å². The van der Waals surface area contributed by atoms with E-state index in [1.807, 2.05) is 6.07 Å². The number of aromatic hydroxyl groups is 1. The molecule has 1 aromatic heterocycles. The van der Waals surface area contributed by atoms with Gasteiger partial charge in [-0.2, -0.15) is 0 Å². The molecule has 4 rings (SSSR count). The van der Waals surface area contributed by atoms with Gasteiger partial charge in [-0.15, -0.1) is 11.3 Å². The number of anilines is 1. The second kappa shape index (κ2) is 9.71. The number of phenolic OH excluding ortho intramolecular Hbond substituents is 1. The topological polar surface area (TPSA) is 138 Å². The van der Waals surface area contributed by atoms with Gasteiger partial charge in [0.15, 0.2) is 10.8 Å². The minimum absolute atomic E-state index is 0.0217. The highest BCUT2D eigenvalue weighted by molar-refractivity contribution is 7.14. The normalized spacial score (nSPS) is 16.1. The molecule has 10 nitrogen and oxygen atoms in total. The Morgan fingerprint density at radius 3 is 2.56 bits per heavy atom. The number of carbonyl (C=O) groups is 4. The average molecular weight is 481 g/mol. The van der Waals surface area contributed by atoms with Gasteiger partial charge in [0.2, 0.25) is 5.91 Å². The number of hydrogen-bond donors (Lipinski definition) is 3. The molecule has 1 aliphatic rings. The molecule has 0 aliphatic carbocycles. The summed E-state index contributed by atoms with van der Waals surface area (Å²) in [7, 11) is 1.22. The fraction of sp³-hybridized carbons (Fsp3) is 0.174. The maximum Gasteiger partial charge on any atom is 0.357 e. The fourth-order valence-corrected chi connectivity index (χ4v) is 4.22. The molecular weight excluding hydrogens is 460 g/mol. The highest BCUT2D eigenvalue weighted by Crippen LogP contribution is 2.27. The summed E-state index contributed by atoms with van der Waals surface area (Å²) in [5.74, 6) is -1.86. The Morgan fingerprint density at radius 1 is 1.18 bits per heavy atom. The Hall–Kier alpha value is -4.25. The van der Waals surface area contributed by atoms with Crippen molar-refractivity contribution >= 4 is 40.3 Å². The van der Waals surface area contributed by atoms with E-state index in [-0.39, 0.29) is 23.0 Å². The number of phenols is 1. The Labute approximate surface area is 198 Å². The molecule has 4 amide bonds. The lowest BCUT2D eigenvalue weighted by molar-refractivity contribution is -0.134. The van der Waals surface area contributed by atoms with Gasteiger partial charge in [-0.05, 0) is 23.3 Å². The van der Waals surface area contributed by atoms with Crippen LogP contribution in [0, 0.1) is 0 Å². The van der Waals surface area contributed by atoms with Crippen LogP contribution in [0.25, 0.3) is 0 Å². The zero-order valence-electron chi connectivity index (χ0n) is 17.9. The van der Waals surface area contributed by atoms with Gasteiger partial charge >= 0.3 is 12.0 Å². The van der Waals surface area contributed by atoms with E-state index in [4.69, 9.17) is 0 Å². The van der Waals surface area contributed by atoms with Crippen molar-refractivity contribution in [3.63, 3.8) is 0 Å². The molecule has 1 fully saturated rings. The first-order valence-electron chi connectivity index (χ1n) is 10.2. The first-order valence-corrected chi connectivity index (χ1v) is 11.1. The number of rotatable bonds is 7. The van der Waals surface area contributed by atoms with Gasteiger partial charge in [0, 0.05) is 11.8 Å². The summed E-state index contributed by atoms with van der Waals surface area (Å²) < 4.78 is 4.62. The first-order chi connectivity index (χ1) is 16.4. The number of carbonyl (C=O) groups excluding carboxylic acids is 4. The molecule has 0 radical (unpaired) electrons. The lowest BCUT2D eigenvalue weighted by Gasteiger charge is -2.24. The van der Waals surface area contributed by atoms with Crippen molar-refractivity contribution in [1.82, 2.24) is 15.2 Å². The highest BCUT2D eigenvalue weighted by Gasteiger charge is 2.45. The Bertz CT molecular complexity index is 1230. The van der Waals surface area contributed by atoms with E-state index in [0.29, 0.717) is 5.56 Å². The van der Waals surface area contributed by atoms with Gasteiger partial charge in [-0.3, -0.25) is 9.59 Å². The van der Waals surface area contributed by atoms with Crippen molar-refractivity contribution in [2.75, 3.05) is 12.4 Å². The molecule has 1 aliphatic heterocycles. The molecule has 2 heterocycles. The molecular formula is C23H20N4O6S. The van der Waals surface area contributed by atoms with Crippen LogP contribution in [-0.2, 0) is 20.7 Å². The Kier molecular flexibility index (Phi) is 6.55. The average Bonchev–Trinajstić information content (AvgIpc) is 3.42. The monoisotopic (exact) mass is 480 g/mol. The Balaban J connectivity index is 1.61. The van der Waals surface area contributed by atoms with Gasteiger partial charge < -0.3 is 20.5 Å². The molecule has 0 bridgehead atoms. The number of imide groups is 1. The van der Waals surface area contributed by atoms with Crippen molar-refractivity contribution in [3.05, 3.63) is 76.8 Å². The predicted molar refractivity (Wildman–Crippen MR) is 122 cm³/mol. The number of esters is 1. The Morgan fingerprint density at radius 2 is 1.88 bits per heavy atom. The lowest BCUT2D eigenvalue weighted by atomic mass is 10.0. The van der Waals surface area contributed by atoms with Crippen LogP contribution in [-0.4, -0.2) is 52.0 Å². The van der Waals surface area contributed by atoms with Crippen molar-refractivity contribution in [1.29, 1.82) is 0 Å². The van der Waals surface area contributed by atoms with Crippen LogP contribution in [0.15, 0.2) is 60.0 Å². The molecule has 34 heavy (non-hydrogen) atoms. The van der Waals surface area contributed by atoms with Gasteiger partial charge in [0.1, 0.15) is 17.8 Å². The minimum Gasteiger partial charge on any atom is -0.508 e. The maximum absolute atomic E-state index is 13.3. The van der Waals surface area contributed by atoms with E-state index in [9.17, 15) is 24.3 Å². The number of amides is 4. The van der Waals surface area contributed by atoms with E-state index in [2.05, 4.69) is 20.4 Å². The molecule has 3 N–H and O–H groups in total. The van der Waals surface area contributed by atoms with Crippen LogP contribution in [0.1, 0.15) is 27.7 Å². The predicted octanol–water partition coefficient (Wildman–Crippen LogP) is 2.48. The van der Waals surface area contributed by atoms with Crippen LogP contribution in [0.4, 0.5) is 9.93 Å². The molecule has 2 aromatic carbocycles. The van der Waals surface area contributed by atoms with E-state index >= 15 is 0 Å². The summed E-state index contributed by atoms with van der Waals surface area (Å²) in [5.41, 5.74) is 1.25. The number of urea groups is 1. The molecule has 1 saturated heterocycles. The van der Waals surface area contributed by atoms with Gasteiger partial charge in [-0.1, -0.05) is 42.5 Å². The largest absolute Gasteiger partial charge is 0.508 e. The fourth-order valence-electron chi connectivity index (χ4n) is 3.54. The molecule has 11 heteroatoms. The van der Waals surface area contributed by atoms with Gasteiger partial charge in [0.25, 0.3) is 5.91 Å². The smallest absolute Gasteiger partial charge is 0.357 e. The van der Waals surface area contributed by atoms with Crippen LogP contribution < -0.4 is 10.6 Å². The summed E-state index contributed by atoms with van der Waals surface area (Å²) in [5, 5.41) is 16.3. The van der Waals surface area contributed by atoms with Crippen molar-refractivity contribution in [3.8, 4) is 5.75 Å². The number of aromatic nitrogens is 1. The molecule has 174 valence electrons. The highest BCUT2D eigenvalue weighted by atomic mass is 32.1. The zero-order valence-corrected chi connectivity index (χ0v) is 18.7. The third-order valence-electron chi connectivity index (χ3n) is 5.21. The number of nitrogens with zero attached hydrogens (tertiary/aromatic N) is 2. The van der Waals surface area contributed by atoms with Crippen LogP contribution in [0.5, 0.6) is 5.75 Å². The standard InChI is InChI=1S/C23H20N4O6S/c1-33-21(31)16-12-34-22(24-16)26-19(29)17(11-13-5-3-2-4-6-13)27-20(30)18(25-23(27)32)14-7-9-15(28)10-8-14/h2-10,12,17-18,28H,11H2,1H3,(H,25,32)(H,24,26,29)/t17-,18?/m0/s1. The number of ether oxygens (including phenoxy) is 1. The van der Waals surface area contributed by atoms with Gasteiger partial charge in [-0.25, -0.2) is 19.5 Å². The number of methoxy groups -OCH3 is 1. The van der Waals surface area contributed by atoms with Crippen LogP contribution in [0.2, 0.25) is 0 Å². The summed E-state index contributed by atoms with van der Waals surface area (Å²) in [6.07, 6.45) is 0.0728. The van der Waals surface area contributed by atoms with Gasteiger partial charge in [0.05, 0.1) is 7.11 Å². The summed E-state index contributed by atoms with van der Waals surface area (Å²) in [6, 6.07) is 12.0. The number of benzene rings is 2. The third-order valence-corrected chi connectivity index (χ3v) is 5.97. The SMILES string of the molecule is COC(=O)c1csc(NC(=O)[C@H](Cc2ccccc2)N2C(=O)NC(c3ccc(O)cc3)C2=O)n1.